The number of carbonyl (C=O) groups excluding carboxylic acids is 1. The number of nitrogens with zero attached hydrogens (tertiary/aromatic N) is 2. The average molecular weight is 481 g/mol. The van der Waals surface area contributed by atoms with Gasteiger partial charge < -0.3 is 13.7 Å². The van der Waals surface area contributed by atoms with Gasteiger partial charge in [0.05, 0.1) is 35.5 Å². The lowest BCUT2D eigenvalue weighted by molar-refractivity contribution is -0.138. The van der Waals surface area contributed by atoms with Crippen LogP contribution in [-0.2, 0) is 27.9 Å². The molecule has 0 unspecified atom stereocenters. The lowest BCUT2D eigenvalue weighted by atomic mass is 9.96. The number of rotatable bonds is 7. The maximum absolute atomic E-state index is 13.4. The number of hydrogen-bond donors (Lipinski definition) is 0. The molecule has 0 spiro atoms. The van der Waals surface area contributed by atoms with Crippen molar-refractivity contribution in [3.63, 3.8) is 0 Å². The van der Waals surface area contributed by atoms with E-state index in [1.807, 2.05) is 0 Å². The van der Waals surface area contributed by atoms with Crippen LogP contribution < -0.4 is 0 Å². The molecule has 32 heavy (non-hydrogen) atoms. The summed E-state index contributed by atoms with van der Waals surface area (Å²) < 4.78 is 51.3. The van der Waals surface area contributed by atoms with Crippen molar-refractivity contribution in [2.45, 2.75) is 30.8 Å². The number of hydrogen-bond acceptors (Lipinski definition) is 5. The Labute approximate surface area is 190 Å². The van der Waals surface area contributed by atoms with Crippen molar-refractivity contribution in [1.82, 2.24) is 9.21 Å². The van der Waals surface area contributed by atoms with Gasteiger partial charge in [0.1, 0.15) is 17.3 Å². The minimum Gasteiger partial charge on any atom is -0.467 e. The quantitative estimate of drug-likeness (QED) is 0.503. The minimum absolute atomic E-state index is 0.0639. The zero-order chi connectivity index (χ0) is 22.7. The summed E-state index contributed by atoms with van der Waals surface area (Å²) in [5.74, 6) is 0.210. The molecule has 7 nitrogen and oxygen atoms in total. The Balaban J connectivity index is 1.44. The molecule has 0 saturated carbocycles. The van der Waals surface area contributed by atoms with Gasteiger partial charge in [0.2, 0.25) is 15.9 Å². The van der Waals surface area contributed by atoms with Gasteiger partial charge in [-0.3, -0.25) is 4.79 Å². The van der Waals surface area contributed by atoms with Gasteiger partial charge in [-0.15, -0.1) is 0 Å². The van der Waals surface area contributed by atoms with Crippen LogP contribution >= 0.6 is 11.6 Å². The first-order valence-corrected chi connectivity index (χ1v) is 11.9. The van der Waals surface area contributed by atoms with E-state index in [-0.39, 0.29) is 34.8 Å². The summed E-state index contributed by atoms with van der Waals surface area (Å²) in [4.78, 5) is 14.9. The molecule has 1 fully saturated rings. The summed E-state index contributed by atoms with van der Waals surface area (Å²) in [5, 5.41) is -0.248. The van der Waals surface area contributed by atoms with E-state index in [1.54, 1.807) is 41.7 Å². The average Bonchev–Trinajstić information content (AvgIpc) is 3.49. The molecule has 10 heteroatoms. The number of sulfonamides is 1. The summed E-state index contributed by atoms with van der Waals surface area (Å²) in [6.45, 7) is 0.949. The van der Waals surface area contributed by atoms with Crippen LogP contribution in [0.25, 0.3) is 0 Å². The third-order valence-electron chi connectivity index (χ3n) is 5.50. The van der Waals surface area contributed by atoms with Gasteiger partial charge >= 0.3 is 0 Å². The maximum atomic E-state index is 13.4. The standard InChI is InChI=1S/C22H22ClFN2O5S/c23-20-13-19(5-6-21(20)24)32(28,29)26-9-7-16(8-10-26)22(27)25(14-17-3-1-11-30-17)15-18-4-2-12-31-18/h1-6,11-13,16H,7-10,14-15H2. The molecule has 3 heterocycles. The second-order valence-corrected chi connectivity index (χ2v) is 9.95. The first kappa shape index (κ1) is 22.6. The van der Waals surface area contributed by atoms with Crippen molar-refractivity contribution in [2.24, 2.45) is 5.92 Å². The number of benzene rings is 1. The highest BCUT2D eigenvalue weighted by atomic mass is 35.5. The molecule has 170 valence electrons. The van der Waals surface area contributed by atoms with Gasteiger partial charge in [0, 0.05) is 19.0 Å². The fourth-order valence-corrected chi connectivity index (χ4v) is 5.52. The Kier molecular flexibility index (Phi) is 6.68. The third kappa shape index (κ3) is 4.90. The van der Waals surface area contributed by atoms with E-state index in [2.05, 4.69) is 0 Å². The summed E-state index contributed by atoms with van der Waals surface area (Å²) in [6, 6.07) is 10.5. The Morgan fingerprint density at radius 1 is 1.06 bits per heavy atom. The van der Waals surface area contributed by atoms with Crippen molar-refractivity contribution >= 4 is 27.5 Å². The molecule has 3 aromatic rings. The van der Waals surface area contributed by atoms with Crippen molar-refractivity contribution < 1.29 is 26.4 Å². The zero-order valence-corrected chi connectivity index (χ0v) is 18.7. The monoisotopic (exact) mass is 480 g/mol. The Hall–Kier alpha value is -2.62. The highest BCUT2D eigenvalue weighted by Gasteiger charge is 2.34. The predicted octanol–water partition coefficient (Wildman–Crippen LogP) is 4.29. The van der Waals surface area contributed by atoms with Gasteiger partial charge in [-0.25, -0.2) is 12.8 Å². The highest BCUT2D eigenvalue weighted by molar-refractivity contribution is 7.89. The third-order valence-corrected chi connectivity index (χ3v) is 7.68. The molecular weight excluding hydrogens is 459 g/mol. The van der Waals surface area contributed by atoms with Crippen LogP contribution in [0.15, 0.2) is 68.7 Å². The zero-order valence-electron chi connectivity index (χ0n) is 17.1. The molecule has 4 rings (SSSR count). The predicted molar refractivity (Wildman–Crippen MR) is 115 cm³/mol. The van der Waals surface area contributed by atoms with Gasteiger partial charge in [0.25, 0.3) is 0 Å². The molecule has 1 amide bonds. The SMILES string of the molecule is O=C(C1CCN(S(=O)(=O)c2ccc(F)c(Cl)c2)CC1)N(Cc1ccco1)Cc1ccco1. The van der Waals surface area contributed by atoms with E-state index in [0.717, 1.165) is 12.1 Å². The molecule has 2 aromatic heterocycles. The van der Waals surface area contributed by atoms with Crippen LogP contribution in [-0.4, -0.2) is 36.6 Å². The van der Waals surface area contributed by atoms with Gasteiger partial charge in [-0.2, -0.15) is 4.31 Å². The van der Waals surface area contributed by atoms with Crippen LogP contribution in [0.5, 0.6) is 0 Å². The lowest BCUT2D eigenvalue weighted by Gasteiger charge is -2.33. The molecular formula is C22H22ClFN2O5S. The van der Waals surface area contributed by atoms with Crippen LogP contribution in [0.1, 0.15) is 24.4 Å². The second-order valence-electron chi connectivity index (χ2n) is 7.61. The largest absolute Gasteiger partial charge is 0.467 e. The lowest BCUT2D eigenvalue weighted by Crippen LogP contribution is -2.44. The summed E-state index contributed by atoms with van der Waals surface area (Å²) in [5.41, 5.74) is 0. The normalized spacial score (nSPS) is 15.7. The van der Waals surface area contributed by atoms with E-state index in [1.165, 1.54) is 10.4 Å². The van der Waals surface area contributed by atoms with Crippen molar-refractivity contribution in [3.8, 4) is 0 Å². The molecule has 1 saturated heterocycles. The molecule has 0 bridgehead atoms. The number of furan rings is 2. The maximum Gasteiger partial charge on any atom is 0.243 e. The topological polar surface area (TPSA) is 84.0 Å². The molecule has 0 radical (unpaired) electrons. The number of halogens is 2. The van der Waals surface area contributed by atoms with Crippen molar-refractivity contribution in [3.05, 3.63) is 77.4 Å². The van der Waals surface area contributed by atoms with Crippen LogP contribution in [0.3, 0.4) is 0 Å². The minimum atomic E-state index is -3.83. The van der Waals surface area contributed by atoms with Crippen LogP contribution in [0.2, 0.25) is 5.02 Å². The first-order chi connectivity index (χ1) is 15.3. The number of amides is 1. The van der Waals surface area contributed by atoms with Crippen molar-refractivity contribution in [2.75, 3.05) is 13.1 Å². The van der Waals surface area contributed by atoms with Crippen LogP contribution in [0, 0.1) is 11.7 Å². The van der Waals surface area contributed by atoms with Gasteiger partial charge in [0.15, 0.2) is 0 Å². The van der Waals surface area contributed by atoms with E-state index in [9.17, 15) is 17.6 Å². The molecule has 1 aliphatic rings. The number of carbonyl (C=O) groups is 1. The fraction of sp³-hybridized carbons (Fsp3) is 0.318. The van der Waals surface area contributed by atoms with Crippen molar-refractivity contribution in [1.29, 1.82) is 0 Å². The number of piperidine rings is 1. The summed E-state index contributed by atoms with van der Waals surface area (Å²) >= 11 is 5.75. The smallest absolute Gasteiger partial charge is 0.243 e. The fourth-order valence-electron chi connectivity index (χ4n) is 3.78. The Morgan fingerprint density at radius 3 is 2.16 bits per heavy atom. The van der Waals surface area contributed by atoms with Gasteiger partial charge in [-0.1, -0.05) is 11.6 Å². The summed E-state index contributed by atoms with van der Waals surface area (Å²) in [6.07, 6.45) is 3.85. The summed E-state index contributed by atoms with van der Waals surface area (Å²) in [7, 11) is -3.83. The van der Waals surface area contributed by atoms with E-state index < -0.39 is 15.8 Å². The Morgan fingerprint density at radius 2 is 1.66 bits per heavy atom. The highest BCUT2D eigenvalue weighted by Crippen LogP contribution is 2.28. The molecule has 0 aliphatic carbocycles. The van der Waals surface area contributed by atoms with E-state index in [0.29, 0.717) is 37.5 Å². The Bertz CT molecular complexity index is 1120. The van der Waals surface area contributed by atoms with Gasteiger partial charge in [-0.05, 0) is 55.3 Å². The van der Waals surface area contributed by atoms with Crippen LogP contribution in [0.4, 0.5) is 4.39 Å². The second kappa shape index (κ2) is 9.48. The molecule has 0 atom stereocenters. The first-order valence-electron chi connectivity index (χ1n) is 10.1. The molecule has 1 aromatic carbocycles. The molecule has 1 aliphatic heterocycles. The van der Waals surface area contributed by atoms with E-state index in [4.69, 9.17) is 20.4 Å². The van der Waals surface area contributed by atoms with E-state index >= 15 is 0 Å². The molecule has 0 N–H and O–H groups in total.